The van der Waals surface area contributed by atoms with E-state index in [0.29, 0.717) is 0 Å². The molecule has 1 saturated carbocycles. The Morgan fingerprint density at radius 1 is 1.64 bits per heavy atom. The average molecular weight is 195 g/mol. The molecule has 0 amide bonds. The Labute approximate surface area is 82.8 Å². The van der Waals surface area contributed by atoms with Gasteiger partial charge in [-0.25, -0.2) is 0 Å². The highest BCUT2D eigenvalue weighted by Gasteiger charge is 2.61. The van der Waals surface area contributed by atoms with E-state index in [0.717, 1.165) is 0 Å². The topological polar surface area (TPSA) is 70.3 Å². The van der Waals surface area contributed by atoms with E-state index in [1.165, 1.54) is 7.11 Å². The summed E-state index contributed by atoms with van der Waals surface area (Å²) in [7, 11) is 1.40. The summed E-state index contributed by atoms with van der Waals surface area (Å²) in [4.78, 5) is 10.8. The van der Waals surface area contributed by atoms with Gasteiger partial charge in [-0.1, -0.05) is 13.8 Å². The minimum atomic E-state index is -0.815. The molecule has 0 aliphatic heterocycles. The lowest BCUT2D eigenvalue weighted by molar-refractivity contribution is -0.139. The number of hydrogen-bond acceptors (Lipinski definition) is 3. The van der Waals surface area contributed by atoms with Gasteiger partial charge < -0.3 is 9.84 Å². The van der Waals surface area contributed by atoms with Crippen molar-refractivity contribution in [2.45, 2.75) is 13.8 Å². The monoisotopic (exact) mass is 195 g/mol. The Morgan fingerprint density at radius 3 is 2.50 bits per heavy atom. The van der Waals surface area contributed by atoms with Gasteiger partial charge in [0.05, 0.1) is 13.0 Å². The third-order valence-corrected chi connectivity index (χ3v) is 2.84. The van der Waals surface area contributed by atoms with Gasteiger partial charge in [0.15, 0.2) is 5.76 Å². The van der Waals surface area contributed by atoms with Gasteiger partial charge >= 0.3 is 5.97 Å². The summed E-state index contributed by atoms with van der Waals surface area (Å²) in [5, 5.41) is 17.5. The lowest BCUT2D eigenvalue weighted by Crippen LogP contribution is -2.03. The minimum Gasteiger partial charge on any atom is -0.487 e. The fraction of sp³-hybridized carbons (Fsp3) is 0.600. The molecule has 1 rings (SSSR count). The zero-order chi connectivity index (χ0) is 10.9. The van der Waals surface area contributed by atoms with Gasteiger partial charge in [0, 0.05) is 5.92 Å². The van der Waals surface area contributed by atoms with Crippen molar-refractivity contribution in [2.24, 2.45) is 17.3 Å². The first-order valence-electron chi connectivity index (χ1n) is 4.34. The van der Waals surface area contributed by atoms with E-state index in [9.17, 15) is 4.79 Å². The van der Waals surface area contributed by atoms with Crippen molar-refractivity contribution in [1.82, 2.24) is 0 Å². The average Bonchev–Trinajstić information content (AvgIpc) is 2.63. The number of ether oxygens (including phenoxy) is 1. The maximum atomic E-state index is 10.8. The van der Waals surface area contributed by atoms with Crippen molar-refractivity contribution >= 4 is 5.97 Å². The van der Waals surface area contributed by atoms with Gasteiger partial charge in [-0.15, -0.1) is 0 Å². The summed E-state index contributed by atoms with van der Waals surface area (Å²) in [5.41, 5.74) is -0.271. The fourth-order valence-corrected chi connectivity index (χ4v) is 1.77. The summed E-state index contributed by atoms with van der Waals surface area (Å²) in [6.45, 7) is 3.75. The normalized spacial score (nSPS) is 29.1. The molecular formula is C10H13NO3. The number of nitrogens with zero attached hydrogens (tertiary/aromatic N) is 1. The van der Waals surface area contributed by atoms with Gasteiger partial charge in [-0.2, -0.15) is 5.26 Å². The number of carbonyl (C=O) groups is 1. The van der Waals surface area contributed by atoms with Gasteiger partial charge in [-0.3, -0.25) is 4.79 Å². The number of carboxylic acid groups (broad SMARTS) is 1. The van der Waals surface area contributed by atoms with Crippen LogP contribution in [0.5, 0.6) is 0 Å². The van der Waals surface area contributed by atoms with Crippen LogP contribution in [-0.4, -0.2) is 18.2 Å². The maximum absolute atomic E-state index is 10.8. The van der Waals surface area contributed by atoms with Gasteiger partial charge in [-0.05, 0) is 11.5 Å². The van der Waals surface area contributed by atoms with E-state index in [1.54, 1.807) is 6.08 Å². The molecule has 1 aliphatic rings. The van der Waals surface area contributed by atoms with Crippen LogP contribution in [0.4, 0.5) is 0 Å². The molecule has 1 N–H and O–H groups in total. The lowest BCUT2D eigenvalue weighted by atomic mass is 10.1. The van der Waals surface area contributed by atoms with E-state index in [2.05, 4.69) is 0 Å². The van der Waals surface area contributed by atoms with Crippen LogP contribution in [0.1, 0.15) is 13.8 Å². The SMILES string of the molecule is CO/C(C#N)=C\[C@@H]1[C@@H](C(=O)O)C1(C)C. The first-order chi connectivity index (χ1) is 6.45. The molecule has 1 fully saturated rings. The molecule has 0 saturated heterocycles. The molecule has 0 heterocycles. The Morgan fingerprint density at radius 2 is 2.21 bits per heavy atom. The quantitative estimate of drug-likeness (QED) is 0.545. The van der Waals surface area contributed by atoms with Crippen molar-refractivity contribution in [1.29, 1.82) is 5.26 Å². The molecule has 0 unspecified atom stereocenters. The highest BCUT2D eigenvalue weighted by Crippen LogP contribution is 2.59. The number of rotatable bonds is 3. The van der Waals surface area contributed by atoms with Crippen molar-refractivity contribution in [2.75, 3.05) is 7.11 Å². The Hall–Kier alpha value is -1.50. The first kappa shape index (κ1) is 10.6. The van der Waals surface area contributed by atoms with Crippen LogP contribution in [0.2, 0.25) is 0 Å². The molecule has 14 heavy (non-hydrogen) atoms. The van der Waals surface area contributed by atoms with Gasteiger partial charge in [0.25, 0.3) is 0 Å². The molecular weight excluding hydrogens is 182 g/mol. The molecule has 0 aromatic rings. The van der Waals surface area contributed by atoms with E-state index in [-0.39, 0.29) is 17.1 Å². The Balaban J connectivity index is 2.80. The highest BCUT2D eigenvalue weighted by molar-refractivity contribution is 5.76. The predicted molar refractivity (Wildman–Crippen MR) is 49.1 cm³/mol. The van der Waals surface area contributed by atoms with Crippen LogP contribution < -0.4 is 0 Å². The van der Waals surface area contributed by atoms with E-state index < -0.39 is 11.9 Å². The molecule has 4 heteroatoms. The van der Waals surface area contributed by atoms with Crippen molar-refractivity contribution in [3.63, 3.8) is 0 Å². The van der Waals surface area contributed by atoms with Crippen LogP contribution >= 0.6 is 0 Å². The van der Waals surface area contributed by atoms with Crippen molar-refractivity contribution in [3.8, 4) is 6.07 Å². The second-order valence-corrected chi connectivity index (χ2v) is 4.01. The predicted octanol–water partition coefficient (Wildman–Crippen LogP) is 1.40. The number of aliphatic carboxylic acids is 1. The summed E-state index contributed by atoms with van der Waals surface area (Å²) in [6, 6.07) is 1.87. The summed E-state index contributed by atoms with van der Waals surface area (Å²) < 4.78 is 4.78. The van der Waals surface area contributed by atoms with Crippen molar-refractivity contribution < 1.29 is 14.6 Å². The minimum absolute atomic E-state index is 0.102. The molecule has 2 atom stereocenters. The zero-order valence-electron chi connectivity index (χ0n) is 8.44. The smallest absolute Gasteiger partial charge is 0.307 e. The fourth-order valence-electron chi connectivity index (χ4n) is 1.77. The highest BCUT2D eigenvalue weighted by atomic mass is 16.5. The summed E-state index contributed by atoms with van der Waals surface area (Å²) >= 11 is 0. The van der Waals surface area contributed by atoms with E-state index >= 15 is 0 Å². The molecule has 1 aliphatic carbocycles. The van der Waals surface area contributed by atoms with E-state index in [4.69, 9.17) is 15.1 Å². The van der Waals surface area contributed by atoms with Gasteiger partial charge in [0.2, 0.25) is 0 Å². The molecule has 0 aromatic carbocycles. The molecule has 0 aromatic heterocycles. The molecule has 0 radical (unpaired) electrons. The van der Waals surface area contributed by atoms with E-state index in [1.807, 2.05) is 19.9 Å². The third-order valence-electron chi connectivity index (χ3n) is 2.84. The maximum Gasteiger partial charge on any atom is 0.307 e. The van der Waals surface area contributed by atoms with Crippen LogP contribution in [0, 0.1) is 28.6 Å². The van der Waals surface area contributed by atoms with Crippen LogP contribution in [0.15, 0.2) is 11.8 Å². The summed E-state index contributed by atoms with van der Waals surface area (Å²) in [5.74, 6) is -1.13. The van der Waals surface area contributed by atoms with Gasteiger partial charge in [0.1, 0.15) is 6.07 Å². The third kappa shape index (κ3) is 1.58. The first-order valence-corrected chi connectivity index (χ1v) is 4.34. The largest absolute Gasteiger partial charge is 0.487 e. The molecule has 4 nitrogen and oxygen atoms in total. The van der Waals surface area contributed by atoms with Crippen LogP contribution in [0.25, 0.3) is 0 Å². The second kappa shape index (κ2) is 3.33. The zero-order valence-corrected chi connectivity index (χ0v) is 8.44. The lowest BCUT2D eigenvalue weighted by Gasteiger charge is -1.97. The number of allylic oxidation sites excluding steroid dienone is 2. The Bertz CT molecular complexity index is 325. The van der Waals surface area contributed by atoms with Crippen LogP contribution in [-0.2, 0) is 9.53 Å². The second-order valence-electron chi connectivity index (χ2n) is 4.01. The number of methoxy groups -OCH3 is 1. The molecule has 0 spiro atoms. The number of hydrogen-bond donors (Lipinski definition) is 1. The summed E-state index contributed by atoms with van der Waals surface area (Å²) in [6.07, 6.45) is 1.60. The Kier molecular flexibility index (Phi) is 2.52. The number of carboxylic acids is 1. The molecule has 76 valence electrons. The molecule has 0 bridgehead atoms. The number of nitriles is 1. The van der Waals surface area contributed by atoms with Crippen LogP contribution in [0.3, 0.4) is 0 Å². The van der Waals surface area contributed by atoms with Crippen molar-refractivity contribution in [3.05, 3.63) is 11.8 Å². The standard InChI is InChI=1S/C10H13NO3/c1-10(2)7(8(10)9(12)13)4-6(5-11)14-3/h4,7-8H,1-3H3,(H,12,13)/b6-4-/t7-,8+/m1/s1.